The summed E-state index contributed by atoms with van der Waals surface area (Å²) in [4.78, 5) is 15.7. The molecule has 1 saturated carbocycles. The van der Waals surface area contributed by atoms with Gasteiger partial charge in [-0.15, -0.1) is 0 Å². The minimum absolute atomic E-state index is 0.116. The Kier molecular flexibility index (Phi) is 6.17. The minimum atomic E-state index is -4.47. The average Bonchev–Trinajstić information content (AvgIpc) is 3.27. The first-order chi connectivity index (χ1) is 15.3. The molecule has 1 fully saturated rings. The number of carboxylic acid groups (broad SMARTS) is 1. The quantitative estimate of drug-likeness (QED) is 0.479. The Labute approximate surface area is 183 Å². The summed E-state index contributed by atoms with van der Waals surface area (Å²) < 4.78 is 46.4. The van der Waals surface area contributed by atoms with Crippen LogP contribution in [0, 0.1) is 0 Å². The van der Waals surface area contributed by atoms with Gasteiger partial charge < -0.3 is 9.84 Å². The normalized spacial score (nSPS) is 18.5. The number of halogens is 3. The summed E-state index contributed by atoms with van der Waals surface area (Å²) in [6.07, 6.45) is -0.833. The van der Waals surface area contributed by atoms with Crippen LogP contribution in [0.25, 0.3) is 0 Å². The third-order valence-electron chi connectivity index (χ3n) is 5.90. The molecule has 3 aromatic rings. The zero-order chi connectivity index (χ0) is 22.7. The van der Waals surface area contributed by atoms with Crippen molar-refractivity contribution in [1.82, 2.24) is 4.98 Å². The van der Waals surface area contributed by atoms with Crippen molar-refractivity contribution in [3.63, 3.8) is 0 Å². The van der Waals surface area contributed by atoms with Crippen molar-refractivity contribution in [2.24, 2.45) is 0 Å². The van der Waals surface area contributed by atoms with E-state index in [9.17, 15) is 23.1 Å². The molecule has 1 aromatic heterocycles. The molecular weight excluding hydrogens is 419 g/mol. The van der Waals surface area contributed by atoms with E-state index in [1.54, 1.807) is 0 Å². The summed E-state index contributed by atoms with van der Waals surface area (Å²) >= 11 is 0. The van der Waals surface area contributed by atoms with Gasteiger partial charge in [-0.25, -0.2) is 4.79 Å². The van der Waals surface area contributed by atoms with Gasteiger partial charge in [0.25, 0.3) is 0 Å². The predicted octanol–water partition coefficient (Wildman–Crippen LogP) is 6.43. The molecule has 0 bridgehead atoms. The molecule has 2 aromatic carbocycles. The van der Waals surface area contributed by atoms with Crippen LogP contribution in [0.3, 0.4) is 0 Å². The van der Waals surface area contributed by atoms with Gasteiger partial charge in [-0.1, -0.05) is 36.8 Å². The van der Waals surface area contributed by atoms with Gasteiger partial charge >= 0.3 is 12.1 Å². The molecule has 1 aliphatic rings. The summed E-state index contributed by atoms with van der Waals surface area (Å²) in [5.74, 6) is -1.08. The lowest BCUT2D eigenvalue weighted by atomic mass is 9.85. The Hall–Kier alpha value is -3.35. The lowest BCUT2D eigenvalue weighted by Crippen LogP contribution is -2.12. The summed E-state index contributed by atoms with van der Waals surface area (Å²) in [7, 11) is 0. The van der Waals surface area contributed by atoms with Crippen LogP contribution >= 0.6 is 0 Å². The number of alkyl halides is 3. The average molecular weight is 441 g/mol. The van der Waals surface area contributed by atoms with E-state index in [1.807, 2.05) is 30.3 Å². The summed E-state index contributed by atoms with van der Waals surface area (Å²) in [6.45, 7) is 0.239. The number of pyridine rings is 1. The molecule has 166 valence electrons. The maximum absolute atomic E-state index is 13.5. The van der Waals surface area contributed by atoms with Crippen molar-refractivity contribution in [3.8, 4) is 5.75 Å². The summed E-state index contributed by atoms with van der Waals surface area (Å²) in [6, 6.07) is 15.9. The molecule has 4 rings (SSSR count). The lowest BCUT2D eigenvalue weighted by molar-refractivity contribution is -0.137. The van der Waals surface area contributed by atoms with Gasteiger partial charge in [0.2, 0.25) is 0 Å². The Morgan fingerprint density at radius 2 is 1.78 bits per heavy atom. The third-order valence-corrected chi connectivity index (χ3v) is 5.90. The number of hydrogen-bond donors (Lipinski definition) is 1. The predicted molar refractivity (Wildman–Crippen MR) is 113 cm³/mol. The number of nitrogens with zero attached hydrogens (tertiary/aromatic N) is 1. The van der Waals surface area contributed by atoms with Gasteiger partial charge in [0.15, 0.2) is 0 Å². The van der Waals surface area contributed by atoms with Crippen LogP contribution in [-0.2, 0) is 12.8 Å². The number of carbonyl (C=O) groups is 1. The van der Waals surface area contributed by atoms with Crippen LogP contribution in [0.4, 0.5) is 13.2 Å². The Morgan fingerprint density at radius 1 is 1.03 bits per heavy atom. The van der Waals surface area contributed by atoms with Crippen molar-refractivity contribution >= 4 is 5.97 Å². The smallest absolute Gasteiger partial charge is 0.416 e. The van der Waals surface area contributed by atoms with Crippen molar-refractivity contribution in [2.75, 3.05) is 0 Å². The zero-order valence-electron chi connectivity index (χ0n) is 17.2. The molecule has 2 unspecified atom stereocenters. The van der Waals surface area contributed by atoms with E-state index >= 15 is 0 Å². The van der Waals surface area contributed by atoms with Crippen LogP contribution < -0.4 is 4.74 Å². The second-order valence-electron chi connectivity index (χ2n) is 7.94. The SMILES string of the molecule is O=C(O)c1ccnc(C2CCCC2c2cc(C(F)(F)F)ccc2OCc2ccccc2)c1. The molecule has 4 nitrogen and oxygen atoms in total. The maximum atomic E-state index is 13.5. The number of aromatic nitrogens is 1. The monoisotopic (exact) mass is 441 g/mol. The Bertz CT molecular complexity index is 1100. The van der Waals surface area contributed by atoms with Crippen molar-refractivity contribution in [3.05, 3.63) is 94.8 Å². The largest absolute Gasteiger partial charge is 0.489 e. The third kappa shape index (κ3) is 4.77. The molecule has 0 saturated heterocycles. The second-order valence-corrected chi connectivity index (χ2v) is 7.94. The molecule has 1 N–H and O–H groups in total. The lowest BCUT2D eigenvalue weighted by Gasteiger charge is -2.24. The van der Waals surface area contributed by atoms with Crippen molar-refractivity contribution < 1.29 is 27.8 Å². The summed E-state index contributed by atoms with van der Waals surface area (Å²) in [5, 5.41) is 9.31. The topological polar surface area (TPSA) is 59.4 Å². The molecule has 0 amide bonds. The number of hydrogen-bond acceptors (Lipinski definition) is 3. The number of rotatable bonds is 6. The number of ether oxygens (including phenoxy) is 1. The number of benzene rings is 2. The molecule has 32 heavy (non-hydrogen) atoms. The first-order valence-electron chi connectivity index (χ1n) is 10.4. The fourth-order valence-corrected chi connectivity index (χ4v) is 4.35. The van der Waals surface area contributed by atoms with E-state index in [1.165, 1.54) is 30.5 Å². The van der Waals surface area contributed by atoms with Gasteiger partial charge in [-0.05, 0) is 60.2 Å². The van der Waals surface area contributed by atoms with E-state index in [4.69, 9.17) is 4.74 Å². The van der Waals surface area contributed by atoms with Crippen LogP contribution in [0.1, 0.15) is 63.8 Å². The first-order valence-corrected chi connectivity index (χ1v) is 10.4. The Morgan fingerprint density at radius 3 is 2.50 bits per heavy atom. The number of aromatic carboxylic acids is 1. The molecular formula is C25H22F3NO3. The van der Waals surface area contributed by atoms with E-state index in [2.05, 4.69) is 4.98 Å². The minimum Gasteiger partial charge on any atom is -0.489 e. The van der Waals surface area contributed by atoms with Crippen LogP contribution in [-0.4, -0.2) is 16.1 Å². The van der Waals surface area contributed by atoms with Gasteiger partial charge in [-0.3, -0.25) is 4.98 Å². The molecule has 0 aliphatic heterocycles. The molecule has 7 heteroatoms. The summed E-state index contributed by atoms with van der Waals surface area (Å²) in [5.41, 5.74) is 1.37. The van der Waals surface area contributed by atoms with Gasteiger partial charge in [0, 0.05) is 17.8 Å². The van der Waals surface area contributed by atoms with Crippen molar-refractivity contribution in [2.45, 2.75) is 43.9 Å². The number of carboxylic acids is 1. The zero-order valence-corrected chi connectivity index (χ0v) is 17.2. The highest BCUT2D eigenvalue weighted by atomic mass is 19.4. The van der Waals surface area contributed by atoms with Gasteiger partial charge in [0.1, 0.15) is 12.4 Å². The van der Waals surface area contributed by atoms with E-state index in [0.717, 1.165) is 24.5 Å². The molecule has 2 atom stereocenters. The fourth-order valence-electron chi connectivity index (χ4n) is 4.35. The molecule has 1 aliphatic carbocycles. The highest BCUT2D eigenvalue weighted by Gasteiger charge is 2.36. The Balaban J connectivity index is 1.70. The molecule has 0 radical (unpaired) electrons. The van der Waals surface area contributed by atoms with E-state index < -0.39 is 17.7 Å². The second kappa shape index (κ2) is 9.02. The van der Waals surface area contributed by atoms with E-state index in [0.29, 0.717) is 23.4 Å². The van der Waals surface area contributed by atoms with E-state index in [-0.39, 0.29) is 24.0 Å². The van der Waals surface area contributed by atoms with Crippen LogP contribution in [0.2, 0.25) is 0 Å². The molecule has 1 heterocycles. The fraction of sp³-hybridized carbons (Fsp3) is 0.280. The van der Waals surface area contributed by atoms with Crippen LogP contribution in [0.5, 0.6) is 5.75 Å². The highest BCUT2D eigenvalue weighted by molar-refractivity contribution is 5.87. The van der Waals surface area contributed by atoms with Gasteiger partial charge in [-0.2, -0.15) is 13.2 Å². The van der Waals surface area contributed by atoms with Crippen LogP contribution in [0.15, 0.2) is 66.9 Å². The maximum Gasteiger partial charge on any atom is 0.416 e. The first kappa shape index (κ1) is 21.9. The highest BCUT2D eigenvalue weighted by Crippen LogP contribution is 2.49. The molecule has 0 spiro atoms. The van der Waals surface area contributed by atoms with Crippen molar-refractivity contribution in [1.29, 1.82) is 0 Å². The van der Waals surface area contributed by atoms with Gasteiger partial charge in [0.05, 0.1) is 11.1 Å². The standard InChI is InChI=1S/C25H22F3NO3/c26-25(27,28)18-9-10-23(32-15-16-5-2-1-3-6-16)21(14-18)19-7-4-8-20(19)22-13-17(24(30)31)11-12-29-22/h1-3,5-6,9-14,19-20H,4,7-8,15H2,(H,30,31).